The maximum Gasteiger partial charge on any atom is 0.191 e. The van der Waals surface area contributed by atoms with Crippen LogP contribution >= 0.6 is 11.8 Å². The van der Waals surface area contributed by atoms with Crippen molar-refractivity contribution in [2.24, 2.45) is 0 Å². The van der Waals surface area contributed by atoms with Crippen LogP contribution in [0.5, 0.6) is 5.75 Å². The van der Waals surface area contributed by atoms with Crippen molar-refractivity contribution in [2.75, 3.05) is 5.75 Å². The van der Waals surface area contributed by atoms with Crippen molar-refractivity contribution in [3.05, 3.63) is 35.7 Å². The monoisotopic (exact) mass is 303 g/mol. The van der Waals surface area contributed by atoms with Gasteiger partial charge in [0.2, 0.25) is 0 Å². The molecule has 0 radical (unpaired) electrons. The zero-order chi connectivity index (χ0) is 14.8. The Morgan fingerprint density at radius 3 is 2.67 bits per heavy atom. The van der Waals surface area contributed by atoms with Gasteiger partial charge in [-0.25, -0.2) is 0 Å². The summed E-state index contributed by atoms with van der Waals surface area (Å²) in [5.74, 6) is 2.13. The summed E-state index contributed by atoms with van der Waals surface area (Å²) in [7, 11) is 0. The highest BCUT2D eigenvalue weighted by Crippen LogP contribution is 2.40. The minimum absolute atomic E-state index is 0.0265. The van der Waals surface area contributed by atoms with Crippen LogP contribution in [0.3, 0.4) is 0 Å². The average Bonchev–Trinajstić information content (AvgIpc) is 3.25. The molecule has 5 nitrogen and oxygen atoms in total. The number of phenols is 1. The normalized spacial score (nSPS) is 14.3. The molecule has 0 amide bonds. The van der Waals surface area contributed by atoms with Crippen molar-refractivity contribution >= 4 is 17.5 Å². The lowest BCUT2D eigenvalue weighted by molar-refractivity contribution is 0.102. The summed E-state index contributed by atoms with van der Waals surface area (Å²) in [5, 5.41) is 18.5. The summed E-state index contributed by atoms with van der Waals surface area (Å²) < 4.78 is 2.10. The van der Waals surface area contributed by atoms with Crippen LogP contribution in [0.2, 0.25) is 0 Å². The molecule has 0 spiro atoms. The quantitative estimate of drug-likeness (QED) is 0.656. The minimum atomic E-state index is 0.0265. The number of carbonyl (C=O) groups is 1. The molecule has 1 aromatic heterocycles. The van der Waals surface area contributed by atoms with Gasteiger partial charge in [-0.3, -0.25) is 4.79 Å². The molecule has 1 saturated carbocycles. The molecule has 2 aromatic rings. The Morgan fingerprint density at radius 1 is 1.33 bits per heavy atom. The lowest BCUT2D eigenvalue weighted by atomic mass is 10.1. The van der Waals surface area contributed by atoms with Gasteiger partial charge in [0, 0.05) is 18.0 Å². The highest BCUT2D eigenvalue weighted by atomic mass is 32.2. The summed E-state index contributed by atoms with van der Waals surface area (Å²) in [6.07, 6.45) is 2.38. The molecule has 1 N–H and O–H groups in total. The van der Waals surface area contributed by atoms with E-state index in [0.29, 0.717) is 17.2 Å². The first-order chi connectivity index (χ1) is 10.2. The number of rotatable bonds is 6. The van der Waals surface area contributed by atoms with E-state index in [0.717, 1.165) is 17.5 Å². The Kier molecular flexibility index (Phi) is 3.96. The van der Waals surface area contributed by atoms with Crippen molar-refractivity contribution < 1.29 is 9.90 Å². The molecule has 3 rings (SSSR count). The number of thioether (sulfide) groups is 1. The molecule has 21 heavy (non-hydrogen) atoms. The number of phenolic OH excluding ortho intramolecular Hbond substituents is 1. The molecule has 0 bridgehead atoms. The van der Waals surface area contributed by atoms with E-state index < -0.39 is 0 Å². The van der Waals surface area contributed by atoms with Gasteiger partial charge < -0.3 is 9.67 Å². The molecule has 1 aliphatic carbocycles. The van der Waals surface area contributed by atoms with Crippen LogP contribution in [-0.2, 0) is 6.54 Å². The van der Waals surface area contributed by atoms with Crippen LogP contribution in [0.1, 0.15) is 41.9 Å². The molecule has 0 atom stereocenters. The van der Waals surface area contributed by atoms with Crippen LogP contribution in [0.4, 0.5) is 0 Å². The van der Waals surface area contributed by atoms with Crippen molar-refractivity contribution in [2.45, 2.75) is 37.4 Å². The van der Waals surface area contributed by atoms with Gasteiger partial charge in [0.15, 0.2) is 10.9 Å². The number of ketones is 1. The third kappa shape index (κ3) is 3.10. The van der Waals surface area contributed by atoms with E-state index in [1.165, 1.54) is 36.7 Å². The topological polar surface area (TPSA) is 68.0 Å². The van der Waals surface area contributed by atoms with Crippen LogP contribution in [-0.4, -0.2) is 31.4 Å². The van der Waals surface area contributed by atoms with E-state index >= 15 is 0 Å². The predicted octanol–water partition coefficient (Wildman–Crippen LogP) is 2.86. The van der Waals surface area contributed by atoms with Crippen LogP contribution < -0.4 is 0 Å². The van der Waals surface area contributed by atoms with E-state index in [9.17, 15) is 9.90 Å². The largest absolute Gasteiger partial charge is 0.508 e. The van der Waals surface area contributed by atoms with Crippen LogP contribution in [0, 0.1) is 0 Å². The van der Waals surface area contributed by atoms with E-state index in [4.69, 9.17) is 0 Å². The molecule has 0 aliphatic heterocycles. The highest BCUT2D eigenvalue weighted by Gasteiger charge is 2.30. The molecular formula is C15H17N3O2S. The van der Waals surface area contributed by atoms with Crippen LogP contribution in [0.15, 0.2) is 29.4 Å². The number of carbonyl (C=O) groups excluding carboxylic acids is 1. The molecule has 0 unspecified atom stereocenters. The Morgan fingerprint density at radius 2 is 2.05 bits per heavy atom. The van der Waals surface area contributed by atoms with Crippen molar-refractivity contribution in [3.63, 3.8) is 0 Å². The third-order valence-corrected chi connectivity index (χ3v) is 4.49. The zero-order valence-electron chi connectivity index (χ0n) is 11.8. The Balaban J connectivity index is 1.67. The Hall–Kier alpha value is -1.82. The number of benzene rings is 1. The van der Waals surface area contributed by atoms with Gasteiger partial charge in [0.25, 0.3) is 0 Å². The summed E-state index contributed by atoms with van der Waals surface area (Å²) in [4.78, 5) is 12.1. The first kappa shape index (κ1) is 14.1. The van der Waals surface area contributed by atoms with E-state index in [-0.39, 0.29) is 11.5 Å². The second kappa shape index (κ2) is 5.89. The molecule has 1 aliphatic rings. The van der Waals surface area contributed by atoms with Crippen molar-refractivity contribution in [1.82, 2.24) is 14.8 Å². The molecule has 1 aromatic carbocycles. The maximum absolute atomic E-state index is 12.1. The van der Waals surface area contributed by atoms with Gasteiger partial charge in [-0.2, -0.15) is 0 Å². The molecule has 110 valence electrons. The SMILES string of the molecule is CCn1c(SCC(=O)c2ccc(O)cc2)nnc1C1CC1. The summed E-state index contributed by atoms with van der Waals surface area (Å²) >= 11 is 1.42. The van der Waals surface area contributed by atoms with Gasteiger partial charge >= 0.3 is 0 Å². The summed E-state index contributed by atoms with van der Waals surface area (Å²) in [6.45, 7) is 2.90. The Bertz CT molecular complexity index is 647. The van der Waals surface area contributed by atoms with Gasteiger partial charge in [0.05, 0.1) is 5.75 Å². The second-order valence-corrected chi connectivity index (χ2v) is 6.06. The first-order valence-electron chi connectivity index (χ1n) is 7.07. The first-order valence-corrected chi connectivity index (χ1v) is 8.05. The third-order valence-electron chi connectivity index (χ3n) is 3.53. The number of hydrogen-bond acceptors (Lipinski definition) is 5. The van der Waals surface area contributed by atoms with Gasteiger partial charge in [-0.05, 0) is 44.0 Å². The standard InChI is InChI=1S/C15H17N3O2S/c1-2-18-14(11-3-4-11)16-17-15(18)21-9-13(20)10-5-7-12(19)8-6-10/h5-8,11,19H,2-4,9H2,1H3. The minimum Gasteiger partial charge on any atom is -0.508 e. The fourth-order valence-corrected chi connectivity index (χ4v) is 3.11. The van der Waals surface area contributed by atoms with Crippen molar-refractivity contribution in [1.29, 1.82) is 0 Å². The van der Waals surface area contributed by atoms with Gasteiger partial charge in [-0.15, -0.1) is 10.2 Å². The number of aromatic hydroxyl groups is 1. The molecule has 6 heteroatoms. The van der Waals surface area contributed by atoms with Gasteiger partial charge in [-0.1, -0.05) is 11.8 Å². The maximum atomic E-state index is 12.1. The zero-order valence-corrected chi connectivity index (χ0v) is 12.6. The van der Waals surface area contributed by atoms with E-state index in [2.05, 4.69) is 21.7 Å². The van der Waals surface area contributed by atoms with E-state index in [1.54, 1.807) is 12.1 Å². The molecule has 0 saturated heterocycles. The molecule has 1 fully saturated rings. The number of aromatic nitrogens is 3. The van der Waals surface area contributed by atoms with E-state index in [1.807, 2.05) is 0 Å². The number of Topliss-reactive ketones (excluding diaryl/α,β-unsaturated/α-hetero) is 1. The molecule has 1 heterocycles. The smallest absolute Gasteiger partial charge is 0.191 e. The summed E-state index contributed by atoms with van der Waals surface area (Å²) in [6, 6.07) is 6.33. The second-order valence-electron chi connectivity index (χ2n) is 5.12. The van der Waals surface area contributed by atoms with Crippen LogP contribution in [0.25, 0.3) is 0 Å². The number of nitrogens with zero attached hydrogens (tertiary/aromatic N) is 3. The van der Waals surface area contributed by atoms with Crippen molar-refractivity contribution in [3.8, 4) is 5.75 Å². The average molecular weight is 303 g/mol. The Labute approximate surface area is 127 Å². The van der Waals surface area contributed by atoms with Gasteiger partial charge in [0.1, 0.15) is 11.6 Å². The summed E-state index contributed by atoms with van der Waals surface area (Å²) in [5.41, 5.74) is 0.602. The fraction of sp³-hybridized carbons (Fsp3) is 0.400. The predicted molar refractivity (Wildman–Crippen MR) is 80.8 cm³/mol. The molecular weight excluding hydrogens is 286 g/mol. The highest BCUT2D eigenvalue weighted by molar-refractivity contribution is 7.99. The fourth-order valence-electron chi connectivity index (χ4n) is 2.21. The lowest BCUT2D eigenvalue weighted by Crippen LogP contribution is -2.05. The number of hydrogen-bond donors (Lipinski definition) is 1. The lowest BCUT2D eigenvalue weighted by Gasteiger charge is -2.06.